The number of imidazole rings is 1. The van der Waals surface area contributed by atoms with Gasteiger partial charge >= 0.3 is 5.69 Å². The van der Waals surface area contributed by atoms with Crippen LogP contribution in [0.1, 0.15) is 77.4 Å². The fourth-order valence-electron chi connectivity index (χ4n) is 6.46. The molecule has 0 bridgehead atoms. The van der Waals surface area contributed by atoms with Gasteiger partial charge in [-0.3, -0.25) is 24.1 Å². The molecule has 0 radical (unpaired) electrons. The van der Waals surface area contributed by atoms with Gasteiger partial charge in [0.1, 0.15) is 17.2 Å². The number of aromatic nitrogens is 5. The van der Waals surface area contributed by atoms with Crippen LogP contribution in [0.15, 0.2) is 76.4 Å². The maximum Gasteiger partial charge on any atom is 0.330 e. The molecule has 9 nitrogen and oxygen atoms in total. The van der Waals surface area contributed by atoms with Crippen LogP contribution in [0.25, 0.3) is 11.2 Å². The van der Waals surface area contributed by atoms with Gasteiger partial charge in [-0.15, -0.1) is 0 Å². The maximum atomic E-state index is 15.0. The fourth-order valence-corrected chi connectivity index (χ4v) is 6.46. The average molecular weight is 621 g/mol. The lowest BCUT2D eigenvalue weighted by Gasteiger charge is -2.32. The minimum Gasteiger partial charge on any atom is -0.336 e. The van der Waals surface area contributed by atoms with Crippen molar-refractivity contribution in [1.82, 2.24) is 24.5 Å². The van der Waals surface area contributed by atoms with E-state index >= 15 is 0 Å². The molecule has 5 aromatic rings. The van der Waals surface area contributed by atoms with Crippen LogP contribution in [0.4, 0.5) is 10.1 Å². The first kappa shape index (κ1) is 29.8. The van der Waals surface area contributed by atoms with Crippen molar-refractivity contribution >= 4 is 22.8 Å². The highest BCUT2D eigenvalue weighted by molar-refractivity contribution is 6.06. The van der Waals surface area contributed by atoms with Crippen molar-refractivity contribution < 1.29 is 9.18 Å². The number of amides is 1. The lowest BCUT2D eigenvalue weighted by molar-refractivity contribution is 0.0977. The summed E-state index contributed by atoms with van der Waals surface area (Å²) < 4.78 is 16.5. The van der Waals surface area contributed by atoms with Crippen LogP contribution in [0.2, 0.25) is 0 Å². The monoisotopic (exact) mass is 620 g/mol. The van der Waals surface area contributed by atoms with E-state index in [2.05, 4.69) is 15.0 Å². The van der Waals surface area contributed by atoms with Crippen molar-refractivity contribution in [2.75, 3.05) is 11.4 Å². The molecule has 46 heavy (non-hydrogen) atoms. The van der Waals surface area contributed by atoms with Crippen LogP contribution in [0.5, 0.6) is 0 Å². The summed E-state index contributed by atoms with van der Waals surface area (Å²) in [6.45, 7) is 3.00. The van der Waals surface area contributed by atoms with Gasteiger partial charge in [0.15, 0.2) is 5.65 Å². The quantitative estimate of drug-likeness (QED) is 0.202. The summed E-state index contributed by atoms with van der Waals surface area (Å²) in [7, 11) is 0. The number of carbonyl (C=O) groups is 1. The van der Waals surface area contributed by atoms with E-state index in [9.17, 15) is 18.8 Å². The van der Waals surface area contributed by atoms with Crippen molar-refractivity contribution in [2.24, 2.45) is 11.8 Å². The van der Waals surface area contributed by atoms with E-state index in [4.69, 9.17) is 4.98 Å². The molecule has 2 saturated carbocycles. The summed E-state index contributed by atoms with van der Waals surface area (Å²) in [4.78, 5) is 56.1. The Hall–Kier alpha value is -4.86. The number of aromatic amines is 2. The number of nitrogens with one attached hydrogen (secondary N) is 2. The largest absolute Gasteiger partial charge is 0.336 e. The number of anilines is 1. The Balaban J connectivity index is 1.27. The van der Waals surface area contributed by atoms with Gasteiger partial charge in [0.25, 0.3) is 11.5 Å². The van der Waals surface area contributed by atoms with Gasteiger partial charge in [0.2, 0.25) is 0 Å². The molecule has 0 aliphatic heterocycles. The summed E-state index contributed by atoms with van der Waals surface area (Å²) in [5.74, 6) is 0.400. The van der Waals surface area contributed by atoms with Gasteiger partial charge in [0, 0.05) is 36.6 Å². The lowest BCUT2D eigenvalue weighted by Crippen LogP contribution is -2.37. The number of fused-ring (bicyclic) bond motifs is 1. The zero-order valence-electron chi connectivity index (χ0n) is 25.8. The molecule has 0 saturated heterocycles. The second-order valence-electron chi connectivity index (χ2n) is 12.8. The number of aryl methyl sites for hydroxylation is 1. The van der Waals surface area contributed by atoms with Crippen LogP contribution in [0.3, 0.4) is 0 Å². The SMILES string of the molecule is Cc1ccc(C(=O)N(CC2CCC2)c2ccc(C(Cc3ccccc3F)c3nc4c([nH]3)c(=O)[nH]c(=O)n4CC3CCC3)cc2)cn1. The number of halogens is 1. The molecule has 0 spiro atoms. The minimum atomic E-state index is -0.528. The average Bonchev–Trinajstić information content (AvgIpc) is 3.45. The van der Waals surface area contributed by atoms with Crippen LogP contribution in [-0.2, 0) is 13.0 Å². The molecule has 2 aliphatic carbocycles. The van der Waals surface area contributed by atoms with E-state index in [0.717, 1.165) is 49.0 Å². The van der Waals surface area contributed by atoms with Crippen LogP contribution in [-0.4, -0.2) is 37.0 Å². The van der Waals surface area contributed by atoms with E-state index < -0.39 is 17.2 Å². The zero-order chi connectivity index (χ0) is 31.8. The third kappa shape index (κ3) is 5.91. The molecule has 10 heteroatoms. The first-order chi connectivity index (χ1) is 22.3. The van der Waals surface area contributed by atoms with Crippen LogP contribution in [0, 0.1) is 24.6 Å². The number of H-pyrrole nitrogens is 2. The highest BCUT2D eigenvalue weighted by atomic mass is 19.1. The first-order valence-electron chi connectivity index (χ1n) is 16.1. The highest BCUT2D eigenvalue weighted by Gasteiger charge is 2.28. The number of benzene rings is 2. The van der Waals surface area contributed by atoms with Gasteiger partial charge in [-0.05, 0) is 92.3 Å². The molecule has 1 unspecified atom stereocenters. The number of carbonyl (C=O) groups excluding carboxylic acids is 1. The molecule has 2 fully saturated rings. The maximum absolute atomic E-state index is 15.0. The summed E-state index contributed by atoms with van der Waals surface area (Å²) >= 11 is 0. The molecule has 2 aromatic carbocycles. The van der Waals surface area contributed by atoms with Gasteiger partial charge in [-0.2, -0.15) is 0 Å². The molecule has 3 heterocycles. The normalized spacial score (nSPS) is 15.8. The van der Waals surface area contributed by atoms with Crippen LogP contribution < -0.4 is 16.1 Å². The minimum absolute atomic E-state index is 0.101. The second kappa shape index (κ2) is 12.5. The summed E-state index contributed by atoms with van der Waals surface area (Å²) in [6.07, 6.45) is 8.45. The lowest BCUT2D eigenvalue weighted by atomic mass is 9.85. The smallest absolute Gasteiger partial charge is 0.330 e. The third-order valence-electron chi connectivity index (χ3n) is 9.70. The van der Waals surface area contributed by atoms with E-state index in [-0.39, 0.29) is 23.7 Å². The van der Waals surface area contributed by atoms with Crippen molar-refractivity contribution in [3.8, 4) is 0 Å². The molecule has 3 aromatic heterocycles. The second-order valence-corrected chi connectivity index (χ2v) is 12.8. The first-order valence-corrected chi connectivity index (χ1v) is 16.1. The molecule has 1 atom stereocenters. The van der Waals surface area contributed by atoms with E-state index in [1.165, 1.54) is 12.5 Å². The van der Waals surface area contributed by atoms with Gasteiger partial charge in [-0.1, -0.05) is 43.2 Å². The summed E-state index contributed by atoms with van der Waals surface area (Å²) in [6, 6.07) is 18.0. The molecule has 2 aliphatic rings. The Morgan fingerprint density at radius 1 is 0.978 bits per heavy atom. The number of pyridine rings is 1. The predicted octanol–water partition coefficient (Wildman–Crippen LogP) is 5.88. The molecule has 1 amide bonds. The summed E-state index contributed by atoms with van der Waals surface area (Å²) in [5.41, 5.74) is 3.03. The predicted molar refractivity (Wildman–Crippen MR) is 175 cm³/mol. The Labute approximate surface area is 265 Å². The van der Waals surface area contributed by atoms with Gasteiger partial charge < -0.3 is 9.88 Å². The number of hydrogen-bond acceptors (Lipinski definition) is 5. The number of hydrogen-bond donors (Lipinski definition) is 2. The van der Waals surface area contributed by atoms with Crippen molar-refractivity contribution in [1.29, 1.82) is 0 Å². The topological polar surface area (TPSA) is 117 Å². The van der Waals surface area contributed by atoms with E-state index in [1.54, 1.807) is 29.0 Å². The molecular formula is C36H37FN6O3. The third-order valence-corrected chi connectivity index (χ3v) is 9.70. The molecule has 236 valence electrons. The molecule has 2 N–H and O–H groups in total. The van der Waals surface area contributed by atoms with Gasteiger partial charge in [0.05, 0.1) is 5.56 Å². The Bertz CT molecular complexity index is 1990. The summed E-state index contributed by atoms with van der Waals surface area (Å²) in [5, 5.41) is 0. The number of rotatable bonds is 10. The van der Waals surface area contributed by atoms with E-state index in [1.807, 2.05) is 48.2 Å². The molecule has 7 rings (SSSR count). The van der Waals surface area contributed by atoms with Gasteiger partial charge in [-0.25, -0.2) is 14.2 Å². The standard InChI is InChI=1S/C36H37FN6O3/c1-22-12-13-27(19-38-22)35(45)42(20-23-6-4-7-23)28-16-14-25(15-17-28)29(18-26-10-2-3-11-30(26)37)32-39-31-33(40-32)43(21-24-8-5-9-24)36(46)41-34(31)44/h2-3,10-17,19,23-24,29H,4-9,18,20-21H2,1H3,(H,39,40)(H,41,44,46). The Morgan fingerprint density at radius 2 is 1.72 bits per heavy atom. The Morgan fingerprint density at radius 3 is 2.37 bits per heavy atom. The molecular weight excluding hydrogens is 583 g/mol. The highest BCUT2D eigenvalue weighted by Crippen LogP contribution is 2.33. The number of nitrogens with zero attached hydrogens (tertiary/aromatic N) is 4. The van der Waals surface area contributed by atoms with E-state index in [0.29, 0.717) is 47.5 Å². The van der Waals surface area contributed by atoms with Crippen molar-refractivity contribution in [3.05, 3.63) is 122 Å². The van der Waals surface area contributed by atoms with Crippen molar-refractivity contribution in [3.63, 3.8) is 0 Å². The van der Waals surface area contributed by atoms with Crippen LogP contribution >= 0.6 is 0 Å². The Kier molecular flexibility index (Phi) is 8.11. The van der Waals surface area contributed by atoms with Crippen molar-refractivity contribution in [2.45, 2.75) is 64.3 Å². The fraction of sp³-hybridized carbons (Fsp3) is 0.361. The zero-order valence-corrected chi connectivity index (χ0v) is 25.8.